The third-order valence-corrected chi connectivity index (χ3v) is 5.43. The van der Waals surface area contributed by atoms with Crippen LogP contribution in [-0.2, 0) is 9.47 Å². The number of piperidine rings is 1. The number of phenols is 1. The van der Waals surface area contributed by atoms with Gasteiger partial charge in [-0.05, 0) is 44.7 Å². The monoisotopic (exact) mass is 546 g/mol. The van der Waals surface area contributed by atoms with Crippen molar-refractivity contribution < 1.29 is 19.4 Å². The SMILES string of the molecule is CCNC(=NCCNC(=O)c1ccccc1O)N1CCC(OCC2CCCO2)CC1.I. The van der Waals surface area contributed by atoms with Crippen LogP contribution in [0.3, 0.4) is 0 Å². The van der Waals surface area contributed by atoms with E-state index in [1.807, 2.05) is 6.92 Å². The fraction of sp³-hybridized carbons (Fsp3) is 0.636. The summed E-state index contributed by atoms with van der Waals surface area (Å²) in [6.45, 7) is 7.07. The molecule has 2 fully saturated rings. The number of hydrogen-bond acceptors (Lipinski definition) is 5. The molecule has 1 amide bonds. The second-order valence-corrected chi connectivity index (χ2v) is 7.66. The molecule has 31 heavy (non-hydrogen) atoms. The van der Waals surface area contributed by atoms with E-state index < -0.39 is 0 Å². The lowest BCUT2D eigenvalue weighted by Crippen LogP contribution is -2.47. The Kier molecular flexibility index (Phi) is 11.4. The molecule has 9 heteroatoms. The van der Waals surface area contributed by atoms with Crippen LogP contribution in [0.4, 0.5) is 0 Å². The minimum atomic E-state index is -0.294. The van der Waals surface area contributed by atoms with E-state index in [1.165, 1.54) is 6.07 Å². The number of phenolic OH excluding ortho intramolecular Hbond substituents is 1. The number of para-hydroxylation sites is 1. The van der Waals surface area contributed by atoms with Gasteiger partial charge in [-0.3, -0.25) is 9.79 Å². The molecule has 1 aromatic rings. The molecule has 0 spiro atoms. The zero-order valence-electron chi connectivity index (χ0n) is 18.2. The first-order chi connectivity index (χ1) is 14.7. The van der Waals surface area contributed by atoms with Crippen LogP contribution < -0.4 is 10.6 Å². The first kappa shape index (κ1) is 25.7. The Balaban J connectivity index is 0.00000341. The fourth-order valence-electron chi connectivity index (χ4n) is 3.77. The molecular formula is C22H35IN4O4. The number of carbonyl (C=O) groups is 1. The first-order valence-corrected chi connectivity index (χ1v) is 11.0. The Morgan fingerprint density at radius 3 is 2.71 bits per heavy atom. The summed E-state index contributed by atoms with van der Waals surface area (Å²) in [6.07, 6.45) is 4.75. The highest BCUT2D eigenvalue weighted by Crippen LogP contribution is 2.18. The van der Waals surface area contributed by atoms with Crippen LogP contribution in [0.2, 0.25) is 0 Å². The van der Waals surface area contributed by atoms with E-state index in [1.54, 1.807) is 18.2 Å². The van der Waals surface area contributed by atoms with Crippen molar-refractivity contribution in [1.82, 2.24) is 15.5 Å². The Hall–Kier alpha value is -1.59. The Labute approximate surface area is 201 Å². The van der Waals surface area contributed by atoms with Gasteiger partial charge in [0.1, 0.15) is 5.75 Å². The van der Waals surface area contributed by atoms with Crippen LogP contribution in [0.1, 0.15) is 43.0 Å². The van der Waals surface area contributed by atoms with E-state index in [-0.39, 0.29) is 53.4 Å². The fourth-order valence-corrected chi connectivity index (χ4v) is 3.77. The number of halogens is 1. The quantitative estimate of drug-likeness (QED) is 0.201. The number of carbonyl (C=O) groups excluding carboxylic acids is 1. The molecule has 3 rings (SSSR count). The molecule has 1 unspecified atom stereocenters. The van der Waals surface area contributed by atoms with Gasteiger partial charge >= 0.3 is 0 Å². The lowest BCUT2D eigenvalue weighted by molar-refractivity contribution is -0.0367. The summed E-state index contributed by atoms with van der Waals surface area (Å²) < 4.78 is 11.7. The molecule has 1 aromatic carbocycles. The number of aliphatic imine (C=N–C) groups is 1. The number of ether oxygens (including phenoxy) is 2. The molecule has 174 valence electrons. The van der Waals surface area contributed by atoms with Crippen molar-refractivity contribution in [2.75, 3.05) is 45.9 Å². The molecule has 3 N–H and O–H groups in total. The zero-order valence-corrected chi connectivity index (χ0v) is 20.5. The van der Waals surface area contributed by atoms with Gasteiger partial charge in [0, 0.05) is 32.8 Å². The average Bonchev–Trinajstić information content (AvgIpc) is 3.29. The van der Waals surface area contributed by atoms with Crippen molar-refractivity contribution in [3.8, 4) is 5.75 Å². The lowest BCUT2D eigenvalue weighted by Gasteiger charge is -2.34. The molecule has 0 aliphatic carbocycles. The van der Waals surface area contributed by atoms with Gasteiger partial charge < -0.3 is 30.1 Å². The van der Waals surface area contributed by atoms with Crippen LogP contribution in [-0.4, -0.2) is 80.0 Å². The van der Waals surface area contributed by atoms with Crippen LogP contribution >= 0.6 is 24.0 Å². The summed E-state index contributed by atoms with van der Waals surface area (Å²) in [6, 6.07) is 6.52. The van der Waals surface area contributed by atoms with Crippen molar-refractivity contribution in [2.24, 2.45) is 4.99 Å². The van der Waals surface area contributed by atoms with Crippen LogP contribution in [0.5, 0.6) is 5.75 Å². The second kappa shape index (κ2) is 13.7. The van der Waals surface area contributed by atoms with Crippen LogP contribution in [0.25, 0.3) is 0 Å². The predicted octanol–water partition coefficient (Wildman–Crippen LogP) is 2.37. The number of nitrogens with zero attached hydrogens (tertiary/aromatic N) is 2. The van der Waals surface area contributed by atoms with Crippen molar-refractivity contribution in [1.29, 1.82) is 0 Å². The topological polar surface area (TPSA) is 95.4 Å². The maximum absolute atomic E-state index is 12.2. The summed E-state index contributed by atoms with van der Waals surface area (Å²) in [7, 11) is 0. The van der Waals surface area contributed by atoms with E-state index in [2.05, 4.69) is 20.5 Å². The summed E-state index contributed by atoms with van der Waals surface area (Å²) in [5.41, 5.74) is 0.276. The van der Waals surface area contributed by atoms with Crippen molar-refractivity contribution in [2.45, 2.75) is 44.8 Å². The highest BCUT2D eigenvalue weighted by molar-refractivity contribution is 14.0. The zero-order chi connectivity index (χ0) is 21.2. The van der Waals surface area contributed by atoms with Gasteiger partial charge in [0.15, 0.2) is 5.96 Å². The van der Waals surface area contributed by atoms with Crippen LogP contribution in [0.15, 0.2) is 29.3 Å². The Morgan fingerprint density at radius 1 is 1.26 bits per heavy atom. The molecule has 0 aromatic heterocycles. The summed E-state index contributed by atoms with van der Waals surface area (Å²) >= 11 is 0. The van der Waals surface area contributed by atoms with E-state index in [9.17, 15) is 9.90 Å². The number of rotatable bonds is 8. The van der Waals surface area contributed by atoms with Gasteiger partial charge in [-0.2, -0.15) is 0 Å². The Bertz CT molecular complexity index is 705. The molecule has 0 bridgehead atoms. The molecule has 2 saturated heterocycles. The number of hydrogen-bond donors (Lipinski definition) is 3. The number of amides is 1. The standard InChI is InChI=1S/C22H34N4O4.HI/c1-2-23-22(25-12-11-24-21(28)19-7-3-4-8-20(19)27)26-13-9-17(10-14-26)30-16-18-6-5-15-29-18;/h3-4,7-8,17-18,27H,2,5-6,9-16H2,1H3,(H,23,25)(H,24,28);1H. The third-order valence-electron chi connectivity index (χ3n) is 5.43. The van der Waals surface area contributed by atoms with Crippen LogP contribution in [0, 0.1) is 0 Å². The number of aromatic hydroxyl groups is 1. The molecule has 1 atom stereocenters. The molecule has 2 aliphatic heterocycles. The number of likely N-dealkylation sites (tertiary alicyclic amines) is 1. The lowest BCUT2D eigenvalue weighted by atomic mass is 10.1. The van der Waals surface area contributed by atoms with Gasteiger partial charge in [-0.15, -0.1) is 24.0 Å². The van der Waals surface area contributed by atoms with Gasteiger partial charge in [-0.1, -0.05) is 12.1 Å². The number of nitrogens with one attached hydrogen (secondary N) is 2. The van der Waals surface area contributed by atoms with Crippen molar-refractivity contribution in [3.63, 3.8) is 0 Å². The molecule has 2 heterocycles. The predicted molar refractivity (Wildman–Crippen MR) is 131 cm³/mol. The molecule has 0 saturated carbocycles. The van der Waals surface area contributed by atoms with E-state index in [0.29, 0.717) is 19.7 Å². The maximum atomic E-state index is 12.2. The number of guanidine groups is 1. The van der Waals surface area contributed by atoms with Gasteiger partial charge in [0.2, 0.25) is 0 Å². The smallest absolute Gasteiger partial charge is 0.255 e. The molecule has 2 aliphatic rings. The van der Waals surface area contributed by atoms with E-state index in [4.69, 9.17) is 9.47 Å². The van der Waals surface area contributed by atoms with Crippen molar-refractivity contribution in [3.05, 3.63) is 29.8 Å². The summed E-state index contributed by atoms with van der Waals surface area (Å²) in [5.74, 6) is 0.556. The first-order valence-electron chi connectivity index (χ1n) is 11.0. The third kappa shape index (κ3) is 8.12. The van der Waals surface area contributed by atoms with Crippen molar-refractivity contribution >= 4 is 35.8 Å². The van der Waals surface area contributed by atoms with Gasteiger partial charge in [0.05, 0.1) is 30.9 Å². The van der Waals surface area contributed by atoms with E-state index in [0.717, 1.165) is 57.9 Å². The normalized spacial score (nSPS) is 19.7. The second-order valence-electron chi connectivity index (χ2n) is 7.66. The largest absolute Gasteiger partial charge is 0.507 e. The molecule has 8 nitrogen and oxygen atoms in total. The summed E-state index contributed by atoms with van der Waals surface area (Å²) in [4.78, 5) is 19.1. The Morgan fingerprint density at radius 2 is 2.03 bits per heavy atom. The highest BCUT2D eigenvalue weighted by atomic mass is 127. The average molecular weight is 546 g/mol. The minimum Gasteiger partial charge on any atom is -0.507 e. The summed E-state index contributed by atoms with van der Waals surface area (Å²) in [5, 5.41) is 15.9. The number of benzene rings is 1. The molecule has 0 radical (unpaired) electrons. The molecular weight excluding hydrogens is 511 g/mol. The van der Waals surface area contributed by atoms with Gasteiger partial charge in [0.25, 0.3) is 5.91 Å². The maximum Gasteiger partial charge on any atom is 0.255 e. The highest BCUT2D eigenvalue weighted by Gasteiger charge is 2.24. The van der Waals surface area contributed by atoms with E-state index >= 15 is 0 Å². The van der Waals surface area contributed by atoms with Gasteiger partial charge in [-0.25, -0.2) is 0 Å². The minimum absolute atomic E-state index is 0.